The normalized spacial score (nSPS) is 12.0. The monoisotopic (exact) mass is 341 g/mol. The molecule has 0 saturated carbocycles. The van der Waals surface area contributed by atoms with Crippen molar-refractivity contribution in [1.29, 1.82) is 0 Å². The lowest BCUT2D eigenvalue weighted by Crippen LogP contribution is -2.33. The highest BCUT2D eigenvalue weighted by Crippen LogP contribution is 2.29. The van der Waals surface area contributed by atoms with E-state index in [1.54, 1.807) is 0 Å². The SMILES string of the molecule is CCO[C@H](CC)CNC(=O)c1ccc(-c2cc(C)c(O)c(C)c2)cc1. The minimum absolute atomic E-state index is 0.0520. The van der Waals surface area contributed by atoms with Gasteiger partial charge in [0.2, 0.25) is 0 Å². The third-order valence-electron chi connectivity index (χ3n) is 4.32. The summed E-state index contributed by atoms with van der Waals surface area (Å²) in [5.74, 6) is 0.238. The van der Waals surface area contributed by atoms with Crippen molar-refractivity contribution in [3.63, 3.8) is 0 Å². The summed E-state index contributed by atoms with van der Waals surface area (Å²) in [6, 6.07) is 11.4. The molecule has 0 spiro atoms. The summed E-state index contributed by atoms with van der Waals surface area (Å²) < 4.78 is 5.55. The third-order valence-corrected chi connectivity index (χ3v) is 4.32. The van der Waals surface area contributed by atoms with Crippen LogP contribution in [0.2, 0.25) is 0 Å². The zero-order chi connectivity index (χ0) is 18.4. The number of ether oxygens (including phenoxy) is 1. The lowest BCUT2D eigenvalue weighted by atomic mass is 9.99. The highest BCUT2D eigenvalue weighted by molar-refractivity contribution is 5.94. The van der Waals surface area contributed by atoms with E-state index in [1.165, 1.54) is 0 Å². The molecule has 1 amide bonds. The summed E-state index contributed by atoms with van der Waals surface area (Å²) in [5.41, 5.74) is 4.37. The van der Waals surface area contributed by atoms with E-state index in [9.17, 15) is 9.90 Å². The lowest BCUT2D eigenvalue weighted by Gasteiger charge is -2.15. The van der Waals surface area contributed by atoms with Crippen molar-refractivity contribution < 1.29 is 14.6 Å². The molecular formula is C21H27NO3. The second kappa shape index (κ2) is 8.67. The van der Waals surface area contributed by atoms with Crippen LogP contribution in [0.4, 0.5) is 0 Å². The molecule has 4 heteroatoms. The summed E-state index contributed by atoms with van der Waals surface area (Å²) in [7, 11) is 0. The van der Waals surface area contributed by atoms with Crippen LogP contribution < -0.4 is 5.32 Å². The second-order valence-corrected chi connectivity index (χ2v) is 6.23. The Balaban J connectivity index is 2.08. The Morgan fingerprint density at radius 1 is 1.08 bits per heavy atom. The Bertz CT molecular complexity index is 699. The molecular weight excluding hydrogens is 314 g/mol. The molecule has 0 aliphatic carbocycles. The number of rotatable bonds is 7. The third kappa shape index (κ3) is 4.83. The van der Waals surface area contributed by atoms with E-state index in [2.05, 4.69) is 5.32 Å². The predicted octanol–water partition coefficient (Wildman–Crippen LogP) is 4.22. The first-order valence-corrected chi connectivity index (χ1v) is 8.76. The van der Waals surface area contributed by atoms with E-state index >= 15 is 0 Å². The van der Waals surface area contributed by atoms with Crippen molar-refractivity contribution in [2.75, 3.05) is 13.2 Å². The number of nitrogens with one attached hydrogen (secondary N) is 1. The number of phenols is 1. The van der Waals surface area contributed by atoms with Crippen LogP contribution in [0.3, 0.4) is 0 Å². The van der Waals surface area contributed by atoms with Crippen LogP contribution in [0.1, 0.15) is 41.8 Å². The standard InChI is InChI=1S/C21H27NO3/c1-5-19(25-6-2)13-22-21(24)17-9-7-16(8-10-17)18-11-14(3)20(23)15(4)12-18/h7-12,19,23H,5-6,13H2,1-4H3,(H,22,24)/t19-/m1/s1. The molecule has 0 radical (unpaired) electrons. The summed E-state index contributed by atoms with van der Waals surface area (Å²) in [5, 5.41) is 12.8. The van der Waals surface area contributed by atoms with Crippen molar-refractivity contribution in [1.82, 2.24) is 5.32 Å². The highest BCUT2D eigenvalue weighted by Gasteiger charge is 2.11. The van der Waals surface area contributed by atoms with Gasteiger partial charge in [0.1, 0.15) is 5.75 Å². The maximum atomic E-state index is 12.3. The smallest absolute Gasteiger partial charge is 0.251 e. The first-order valence-electron chi connectivity index (χ1n) is 8.76. The van der Waals surface area contributed by atoms with Crippen molar-refractivity contribution in [3.05, 3.63) is 53.1 Å². The molecule has 1 atom stereocenters. The molecule has 0 aliphatic heterocycles. The van der Waals surface area contributed by atoms with Crippen molar-refractivity contribution in [2.24, 2.45) is 0 Å². The van der Waals surface area contributed by atoms with Gasteiger partial charge in [0, 0.05) is 18.7 Å². The van der Waals surface area contributed by atoms with E-state index in [0.717, 1.165) is 28.7 Å². The molecule has 2 N–H and O–H groups in total. The van der Waals surface area contributed by atoms with Gasteiger partial charge in [-0.3, -0.25) is 4.79 Å². The molecule has 0 fully saturated rings. The van der Waals surface area contributed by atoms with Crippen LogP contribution in [-0.2, 0) is 4.74 Å². The average molecular weight is 341 g/mol. The van der Waals surface area contributed by atoms with E-state index in [0.29, 0.717) is 24.5 Å². The molecule has 0 unspecified atom stereocenters. The lowest BCUT2D eigenvalue weighted by molar-refractivity contribution is 0.0569. The molecule has 0 saturated heterocycles. The summed E-state index contributed by atoms with van der Waals surface area (Å²) in [6.07, 6.45) is 0.920. The van der Waals surface area contributed by atoms with Crippen molar-refractivity contribution in [3.8, 4) is 16.9 Å². The van der Waals surface area contributed by atoms with E-state index < -0.39 is 0 Å². The van der Waals surface area contributed by atoms with Crippen LogP contribution in [0.15, 0.2) is 36.4 Å². The fraction of sp³-hybridized carbons (Fsp3) is 0.381. The predicted molar refractivity (Wildman–Crippen MR) is 101 cm³/mol. The van der Waals surface area contributed by atoms with Crippen LogP contribution >= 0.6 is 0 Å². The van der Waals surface area contributed by atoms with E-state index in [-0.39, 0.29) is 12.0 Å². The quantitative estimate of drug-likeness (QED) is 0.793. The maximum Gasteiger partial charge on any atom is 0.251 e. The molecule has 2 aromatic rings. The fourth-order valence-corrected chi connectivity index (χ4v) is 2.80. The van der Waals surface area contributed by atoms with Gasteiger partial charge in [-0.1, -0.05) is 19.1 Å². The van der Waals surface area contributed by atoms with Gasteiger partial charge < -0.3 is 15.2 Å². The van der Waals surface area contributed by atoms with Gasteiger partial charge in [-0.05, 0) is 73.7 Å². The Hall–Kier alpha value is -2.33. The van der Waals surface area contributed by atoms with Crippen molar-refractivity contribution >= 4 is 5.91 Å². The molecule has 0 aliphatic rings. The Labute approximate surface area is 149 Å². The number of aryl methyl sites for hydroxylation is 2. The largest absolute Gasteiger partial charge is 0.507 e. The molecule has 0 aromatic heterocycles. The Morgan fingerprint density at radius 3 is 2.20 bits per heavy atom. The number of hydrogen-bond acceptors (Lipinski definition) is 3. The number of hydrogen-bond donors (Lipinski definition) is 2. The zero-order valence-electron chi connectivity index (χ0n) is 15.4. The molecule has 25 heavy (non-hydrogen) atoms. The van der Waals surface area contributed by atoms with E-state index in [4.69, 9.17) is 4.74 Å². The minimum Gasteiger partial charge on any atom is -0.507 e. The van der Waals surface area contributed by atoms with Gasteiger partial charge in [0.15, 0.2) is 0 Å². The molecule has 134 valence electrons. The molecule has 0 heterocycles. The fourth-order valence-electron chi connectivity index (χ4n) is 2.80. The first kappa shape index (κ1) is 19.0. The molecule has 4 nitrogen and oxygen atoms in total. The number of phenolic OH excluding ortho intramolecular Hbond substituents is 1. The van der Waals surface area contributed by atoms with Crippen LogP contribution in [0, 0.1) is 13.8 Å². The maximum absolute atomic E-state index is 12.3. The molecule has 2 aromatic carbocycles. The number of carbonyl (C=O) groups excluding carboxylic acids is 1. The van der Waals surface area contributed by atoms with Crippen molar-refractivity contribution in [2.45, 2.75) is 40.2 Å². The number of amides is 1. The molecule has 2 rings (SSSR count). The summed E-state index contributed by atoms with van der Waals surface area (Å²) in [6.45, 7) is 8.93. The number of aromatic hydroxyl groups is 1. The van der Waals surface area contributed by atoms with E-state index in [1.807, 2.05) is 64.1 Å². The second-order valence-electron chi connectivity index (χ2n) is 6.23. The van der Waals surface area contributed by atoms with Gasteiger partial charge in [0.05, 0.1) is 6.10 Å². The zero-order valence-corrected chi connectivity index (χ0v) is 15.4. The number of carbonyl (C=O) groups is 1. The van der Waals surface area contributed by atoms with Gasteiger partial charge in [-0.2, -0.15) is 0 Å². The Kier molecular flexibility index (Phi) is 6.59. The highest BCUT2D eigenvalue weighted by atomic mass is 16.5. The summed E-state index contributed by atoms with van der Waals surface area (Å²) in [4.78, 5) is 12.3. The van der Waals surface area contributed by atoms with Gasteiger partial charge >= 0.3 is 0 Å². The average Bonchev–Trinajstić information content (AvgIpc) is 2.62. The minimum atomic E-state index is -0.0947. The van der Waals surface area contributed by atoms with Crippen LogP contribution in [-0.4, -0.2) is 30.3 Å². The topological polar surface area (TPSA) is 58.6 Å². The first-order chi connectivity index (χ1) is 12.0. The van der Waals surface area contributed by atoms with Gasteiger partial charge in [-0.25, -0.2) is 0 Å². The Morgan fingerprint density at radius 2 is 1.68 bits per heavy atom. The van der Waals surface area contributed by atoms with Crippen LogP contribution in [0.5, 0.6) is 5.75 Å². The molecule has 0 bridgehead atoms. The van der Waals surface area contributed by atoms with Gasteiger partial charge in [-0.15, -0.1) is 0 Å². The number of benzene rings is 2. The van der Waals surface area contributed by atoms with Crippen LogP contribution in [0.25, 0.3) is 11.1 Å². The summed E-state index contributed by atoms with van der Waals surface area (Å²) >= 11 is 0. The van der Waals surface area contributed by atoms with Gasteiger partial charge in [0.25, 0.3) is 5.91 Å².